The number of rotatable bonds is 9. The molecule has 2 aromatic heterocycles. The number of imidazole rings is 1. The molecule has 11 nitrogen and oxygen atoms in total. The minimum atomic E-state index is -1.29. The van der Waals surface area contributed by atoms with Gasteiger partial charge in [0.05, 0.1) is 30.3 Å². The number of nitrogens with one attached hydrogen (secondary N) is 2. The smallest absolute Gasteiger partial charge is 0.317 e. The van der Waals surface area contributed by atoms with Crippen LogP contribution in [0.15, 0.2) is 36.5 Å². The van der Waals surface area contributed by atoms with Crippen molar-refractivity contribution in [2.24, 2.45) is 11.1 Å². The van der Waals surface area contributed by atoms with Gasteiger partial charge in [0.25, 0.3) is 5.91 Å². The molecule has 2 fully saturated rings. The second kappa shape index (κ2) is 11.9. The van der Waals surface area contributed by atoms with Crippen molar-refractivity contribution in [3.63, 3.8) is 0 Å². The summed E-state index contributed by atoms with van der Waals surface area (Å²) < 4.78 is 31.4. The molecule has 0 spiro atoms. The average molecular weight is 567 g/mol. The molecule has 0 unspecified atom stereocenters. The predicted octanol–water partition coefficient (Wildman–Crippen LogP) is 4.28. The quantitative estimate of drug-likeness (QED) is 0.322. The molecule has 1 aromatic carbocycles. The van der Waals surface area contributed by atoms with Crippen LogP contribution in [0.25, 0.3) is 22.6 Å². The van der Waals surface area contributed by atoms with E-state index in [2.05, 4.69) is 20.3 Å². The van der Waals surface area contributed by atoms with Gasteiger partial charge in [0.15, 0.2) is 11.4 Å². The Kier molecular flexibility index (Phi) is 8.32. The number of benzene rings is 1. The number of aromatic nitrogens is 4. The summed E-state index contributed by atoms with van der Waals surface area (Å²) in [5.74, 6) is -0.750. The summed E-state index contributed by atoms with van der Waals surface area (Å²) in [7, 11) is 0. The van der Waals surface area contributed by atoms with E-state index >= 15 is 0 Å². The molecule has 12 heteroatoms. The van der Waals surface area contributed by atoms with E-state index in [9.17, 15) is 14.0 Å². The van der Waals surface area contributed by atoms with Crippen LogP contribution >= 0.6 is 0 Å². The molecular weight excluding hydrogens is 531 g/mol. The van der Waals surface area contributed by atoms with Gasteiger partial charge in [-0.05, 0) is 69.4 Å². The second-order valence-electron chi connectivity index (χ2n) is 10.9. The fourth-order valence-corrected chi connectivity index (χ4v) is 5.03. The molecule has 0 radical (unpaired) electrons. The highest BCUT2D eigenvalue weighted by Crippen LogP contribution is 2.38. The van der Waals surface area contributed by atoms with Gasteiger partial charge >= 0.3 is 5.97 Å². The van der Waals surface area contributed by atoms with Crippen molar-refractivity contribution in [1.29, 1.82) is 0 Å². The van der Waals surface area contributed by atoms with E-state index in [1.54, 1.807) is 31.3 Å². The Morgan fingerprint density at radius 1 is 1.12 bits per heavy atom. The number of ether oxygens (including phenoxy) is 3. The summed E-state index contributed by atoms with van der Waals surface area (Å²) >= 11 is 0. The first kappa shape index (κ1) is 28.6. The number of halogens is 1. The Morgan fingerprint density at radius 2 is 1.83 bits per heavy atom. The van der Waals surface area contributed by atoms with Gasteiger partial charge in [0, 0.05) is 18.3 Å². The van der Waals surface area contributed by atoms with Crippen LogP contribution in [0, 0.1) is 11.2 Å². The minimum absolute atomic E-state index is 0.0220. The van der Waals surface area contributed by atoms with Gasteiger partial charge in [-0.25, -0.2) is 19.3 Å². The third-order valence-corrected chi connectivity index (χ3v) is 7.51. The zero-order valence-electron chi connectivity index (χ0n) is 23.2. The van der Waals surface area contributed by atoms with Gasteiger partial charge in [-0.3, -0.25) is 9.59 Å². The molecule has 1 saturated heterocycles. The van der Waals surface area contributed by atoms with Crippen LogP contribution in [0.2, 0.25) is 0 Å². The average Bonchev–Trinajstić information content (AvgIpc) is 3.43. The molecule has 0 bridgehead atoms. The van der Waals surface area contributed by atoms with Crippen molar-refractivity contribution >= 4 is 17.8 Å². The number of nitrogens with zero attached hydrogens (tertiary/aromatic N) is 3. The van der Waals surface area contributed by atoms with Crippen molar-refractivity contribution in [3.05, 3.63) is 48.2 Å². The Balaban J connectivity index is 1.37. The largest absolute Gasteiger partial charge is 0.448 e. The number of anilines is 1. The van der Waals surface area contributed by atoms with E-state index in [0.717, 1.165) is 25.7 Å². The molecule has 1 saturated carbocycles. The van der Waals surface area contributed by atoms with Crippen molar-refractivity contribution in [2.45, 2.75) is 64.3 Å². The molecule has 1 amide bonds. The Labute approximate surface area is 237 Å². The van der Waals surface area contributed by atoms with Gasteiger partial charge in [0.2, 0.25) is 12.2 Å². The van der Waals surface area contributed by atoms with Crippen molar-refractivity contribution in [2.75, 3.05) is 25.1 Å². The summed E-state index contributed by atoms with van der Waals surface area (Å²) in [6.07, 6.45) is 4.96. The highest BCUT2D eigenvalue weighted by atomic mass is 19.1. The molecule has 3 heterocycles. The topological polar surface area (TPSA) is 154 Å². The van der Waals surface area contributed by atoms with Crippen LogP contribution < -0.4 is 11.1 Å². The molecule has 2 aliphatic rings. The highest BCUT2D eigenvalue weighted by Gasteiger charge is 2.48. The first-order chi connectivity index (χ1) is 19.7. The first-order valence-electron chi connectivity index (χ1n) is 13.9. The minimum Gasteiger partial charge on any atom is -0.448 e. The summed E-state index contributed by atoms with van der Waals surface area (Å²) in [5, 5.41) is 3.17. The fraction of sp³-hybridized carbons (Fsp3) is 0.483. The third kappa shape index (κ3) is 6.08. The fourth-order valence-electron chi connectivity index (χ4n) is 5.03. The number of primary amides is 1. The molecule has 4 N–H and O–H groups in total. The number of carbonyl (C=O) groups is 2. The summed E-state index contributed by atoms with van der Waals surface area (Å²) in [5.41, 5.74) is 5.56. The molecule has 1 aliphatic carbocycles. The van der Waals surface area contributed by atoms with Crippen molar-refractivity contribution < 1.29 is 28.2 Å². The van der Waals surface area contributed by atoms with E-state index in [0.29, 0.717) is 53.8 Å². The van der Waals surface area contributed by atoms with Crippen LogP contribution in [0.5, 0.6) is 0 Å². The summed E-state index contributed by atoms with van der Waals surface area (Å²) in [6.45, 7) is 4.39. The molecule has 0 atom stereocenters. The number of hydrogen-bond donors (Lipinski definition) is 3. The zero-order valence-corrected chi connectivity index (χ0v) is 23.2. The van der Waals surface area contributed by atoms with Crippen LogP contribution in [0.1, 0.15) is 64.5 Å². The maximum atomic E-state index is 13.7. The van der Waals surface area contributed by atoms with Gasteiger partial charge in [-0.1, -0.05) is 13.3 Å². The second-order valence-corrected chi connectivity index (χ2v) is 10.9. The van der Waals surface area contributed by atoms with E-state index in [4.69, 9.17) is 24.9 Å². The lowest BCUT2D eigenvalue weighted by molar-refractivity contribution is -0.243. The molecule has 41 heavy (non-hydrogen) atoms. The Hall–Kier alpha value is -3.90. The highest BCUT2D eigenvalue weighted by molar-refractivity contribution is 5.88. The number of nitrogens with two attached hydrogens (primary N) is 1. The van der Waals surface area contributed by atoms with E-state index in [1.165, 1.54) is 12.1 Å². The van der Waals surface area contributed by atoms with Crippen LogP contribution in [0.3, 0.4) is 0 Å². The first-order valence-corrected chi connectivity index (χ1v) is 13.9. The standard InChI is InChI=1S/C29H35FN6O5/c1-3-14-32-27-33-15-11-20(34-27)22-21(18-7-9-19(30)10-8-18)35-23(36-22)24-39-16-28(2,17-40-24)26(38)41-29(25(31)37)12-5-4-6-13-29/h7-11,15,24H,3-6,12-14,16-17H2,1-2H3,(H2,31,37)(H,35,36)(H,32,33,34). The summed E-state index contributed by atoms with van der Waals surface area (Å²) in [6, 6.07) is 7.73. The maximum absolute atomic E-state index is 13.7. The predicted molar refractivity (Wildman–Crippen MR) is 148 cm³/mol. The molecule has 3 aromatic rings. The van der Waals surface area contributed by atoms with Gasteiger partial charge in [-0.15, -0.1) is 0 Å². The number of carbonyl (C=O) groups excluding carboxylic acids is 2. The lowest BCUT2D eigenvalue weighted by Crippen LogP contribution is -2.53. The summed E-state index contributed by atoms with van der Waals surface area (Å²) in [4.78, 5) is 42.4. The van der Waals surface area contributed by atoms with Crippen LogP contribution in [-0.4, -0.2) is 57.2 Å². The molecule has 1 aliphatic heterocycles. The van der Waals surface area contributed by atoms with Crippen LogP contribution in [0.4, 0.5) is 10.3 Å². The Bertz CT molecular complexity index is 1380. The SMILES string of the molecule is CCCNc1nccc(-c2[nH]c(C3OCC(C)(C(=O)OC4(C(N)=O)CCCCC4)CO3)nc2-c2ccc(F)cc2)n1. The number of esters is 1. The molecule has 218 valence electrons. The number of H-pyrrole nitrogens is 1. The molecular formula is C29H35FN6O5. The number of aromatic amines is 1. The number of hydrogen-bond acceptors (Lipinski definition) is 9. The normalized spacial score (nSPS) is 22.2. The van der Waals surface area contributed by atoms with Crippen LogP contribution in [-0.2, 0) is 23.8 Å². The van der Waals surface area contributed by atoms with E-state index < -0.39 is 29.2 Å². The third-order valence-electron chi connectivity index (χ3n) is 7.51. The van der Waals surface area contributed by atoms with E-state index in [-0.39, 0.29) is 19.0 Å². The monoisotopic (exact) mass is 566 g/mol. The van der Waals surface area contributed by atoms with Gasteiger partial charge < -0.3 is 30.2 Å². The number of amides is 1. The van der Waals surface area contributed by atoms with Crippen molar-refractivity contribution in [3.8, 4) is 22.6 Å². The van der Waals surface area contributed by atoms with Gasteiger partial charge in [0.1, 0.15) is 11.2 Å². The van der Waals surface area contributed by atoms with Gasteiger partial charge in [-0.2, -0.15) is 0 Å². The Morgan fingerprint density at radius 3 is 2.49 bits per heavy atom. The molecule has 5 rings (SSSR count). The lowest BCUT2D eigenvalue weighted by atomic mass is 9.83. The van der Waals surface area contributed by atoms with E-state index in [1.807, 2.05) is 6.92 Å². The lowest BCUT2D eigenvalue weighted by Gasteiger charge is -2.39. The zero-order chi connectivity index (χ0) is 29.0. The maximum Gasteiger partial charge on any atom is 0.317 e. The van der Waals surface area contributed by atoms with Crippen molar-refractivity contribution in [1.82, 2.24) is 19.9 Å².